The quantitative estimate of drug-likeness (QED) is 0.393. The monoisotopic (exact) mass is 386 g/mol. The van der Waals surface area contributed by atoms with Gasteiger partial charge in [-0.05, 0) is 104 Å². The van der Waals surface area contributed by atoms with Gasteiger partial charge in [-0.25, -0.2) is 0 Å². The summed E-state index contributed by atoms with van der Waals surface area (Å²) in [6, 6.07) is 0. The highest BCUT2D eigenvalue weighted by Gasteiger charge is 2.58. The van der Waals surface area contributed by atoms with Crippen molar-refractivity contribution in [1.82, 2.24) is 0 Å². The predicted molar refractivity (Wildman–Crippen MR) is 115 cm³/mol. The normalized spacial score (nSPS) is 46.0. The van der Waals surface area contributed by atoms with Crippen LogP contribution in [0.3, 0.4) is 0 Å². The van der Waals surface area contributed by atoms with E-state index in [1.807, 2.05) is 5.57 Å². The molecule has 2 nitrogen and oxygen atoms in total. The summed E-state index contributed by atoms with van der Waals surface area (Å²) in [6.07, 6.45) is 15.4. The summed E-state index contributed by atoms with van der Waals surface area (Å²) in [6.45, 7) is 10.1. The zero-order chi connectivity index (χ0) is 20.1. The number of rotatable bonds is 4. The summed E-state index contributed by atoms with van der Waals surface area (Å²) in [5, 5.41) is 0. The van der Waals surface area contributed by atoms with Crippen molar-refractivity contribution in [2.45, 2.75) is 91.9 Å². The molecular formula is C26H42O2. The van der Waals surface area contributed by atoms with E-state index < -0.39 is 0 Å². The second kappa shape index (κ2) is 7.47. The molecule has 28 heavy (non-hydrogen) atoms. The molecule has 3 fully saturated rings. The minimum Gasteiger partial charge on any atom is -0.469 e. The number of fused-ring (bicyclic) bond motifs is 5. The van der Waals surface area contributed by atoms with Crippen LogP contribution in [-0.2, 0) is 9.53 Å². The second-order valence-corrected chi connectivity index (χ2v) is 11.4. The fraction of sp³-hybridized carbons (Fsp3) is 0.885. The maximum absolute atomic E-state index is 11.6. The van der Waals surface area contributed by atoms with Crippen molar-refractivity contribution in [2.75, 3.05) is 7.11 Å². The average molecular weight is 387 g/mol. The predicted octanol–water partition coefficient (Wildman–Crippen LogP) is 6.79. The van der Waals surface area contributed by atoms with Crippen LogP contribution in [0.5, 0.6) is 0 Å². The molecule has 4 aliphatic rings. The SMILES string of the molecule is COC(=O)CCC(C)C1CCC2C3CC=C4CC(C)CCC4(C)C3CCC12C. The highest BCUT2D eigenvalue weighted by molar-refractivity contribution is 5.69. The van der Waals surface area contributed by atoms with Gasteiger partial charge >= 0.3 is 5.97 Å². The Bertz CT molecular complexity index is 636. The lowest BCUT2D eigenvalue weighted by Gasteiger charge is -2.58. The number of hydrogen-bond acceptors (Lipinski definition) is 2. The maximum Gasteiger partial charge on any atom is 0.305 e. The molecule has 0 N–H and O–H groups in total. The maximum atomic E-state index is 11.6. The van der Waals surface area contributed by atoms with E-state index in [1.54, 1.807) is 0 Å². The first-order valence-electron chi connectivity index (χ1n) is 12.1. The van der Waals surface area contributed by atoms with Crippen molar-refractivity contribution in [3.8, 4) is 0 Å². The molecule has 0 heterocycles. The zero-order valence-electron chi connectivity index (χ0n) is 18.9. The van der Waals surface area contributed by atoms with E-state index in [2.05, 4.69) is 33.8 Å². The average Bonchev–Trinajstić information content (AvgIpc) is 3.03. The number of allylic oxidation sites excluding steroid dienone is 2. The number of carbonyl (C=O) groups excluding carboxylic acids is 1. The highest BCUT2D eigenvalue weighted by atomic mass is 16.5. The summed E-state index contributed by atoms with van der Waals surface area (Å²) in [4.78, 5) is 11.6. The molecule has 0 aliphatic heterocycles. The molecule has 4 aliphatic carbocycles. The fourth-order valence-electron chi connectivity index (χ4n) is 8.47. The summed E-state index contributed by atoms with van der Waals surface area (Å²) >= 11 is 0. The van der Waals surface area contributed by atoms with Crippen LogP contribution in [0.25, 0.3) is 0 Å². The Hall–Kier alpha value is -0.790. The van der Waals surface area contributed by atoms with Crippen molar-refractivity contribution in [3.63, 3.8) is 0 Å². The molecule has 0 spiro atoms. The van der Waals surface area contributed by atoms with Gasteiger partial charge in [0.2, 0.25) is 0 Å². The number of ether oxygens (including phenoxy) is 1. The van der Waals surface area contributed by atoms with Crippen LogP contribution >= 0.6 is 0 Å². The smallest absolute Gasteiger partial charge is 0.305 e. The molecule has 4 rings (SSSR count). The van der Waals surface area contributed by atoms with E-state index in [1.165, 1.54) is 58.5 Å². The first-order chi connectivity index (χ1) is 13.3. The van der Waals surface area contributed by atoms with E-state index in [0.29, 0.717) is 23.2 Å². The Morgan fingerprint density at radius 3 is 2.71 bits per heavy atom. The van der Waals surface area contributed by atoms with Crippen LogP contribution in [0.2, 0.25) is 0 Å². The Kier molecular flexibility index (Phi) is 5.47. The molecule has 8 atom stereocenters. The Morgan fingerprint density at radius 1 is 1.18 bits per heavy atom. The lowest BCUT2D eigenvalue weighted by molar-refractivity contribution is -0.141. The lowest BCUT2D eigenvalue weighted by Crippen LogP contribution is -2.50. The molecule has 0 aromatic carbocycles. The Labute approximate surface area is 172 Å². The lowest BCUT2D eigenvalue weighted by atomic mass is 9.46. The van der Waals surface area contributed by atoms with Gasteiger partial charge in [0.15, 0.2) is 0 Å². The molecule has 2 heteroatoms. The van der Waals surface area contributed by atoms with Crippen molar-refractivity contribution >= 4 is 5.97 Å². The summed E-state index contributed by atoms with van der Waals surface area (Å²) < 4.78 is 4.89. The van der Waals surface area contributed by atoms with Crippen LogP contribution in [0, 0.1) is 46.3 Å². The van der Waals surface area contributed by atoms with Crippen molar-refractivity contribution in [2.24, 2.45) is 46.3 Å². The van der Waals surface area contributed by atoms with Gasteiger partial charge in [-0.2, -0.15) is 0 Å². The topological polar surface area (TPSA) is 26.3 Å². The molecular weight excluding hydrogens is 344 g/mol. The molecule has 0 amide bonds. The second-order valence-electron chi connectivity index (χ2n) is 11.4. The van der Waals surface area contributed by atoms with Gasteiger partial charge in [0.1, 0.15) is 0 Å². The fourth-order valence-corrected chi connectivity index (χ4v) is 8.47. The van der Waals surface area contributed by atoms with Crippen LogP contribution in [0.1, 0.15) is 91.9 Å². The number of carbonyl (C=O) groups is 1. The third-order valence-corrected chi connectivity index (χ3v) is 10.1. The minimum absolute atomic E-state index is 0.0420. The van der Waals surface area contributed by atoms with Crippen molar-refractivity contribution in [3.05, 3.63) is 11.6 Å². The number of esters is 1. The van der Waals surface area contributed by atoms with Gasteiger partial charge in [-0.1, -0.05) is 39.3 Å². The molecule has 0 aromatic rings. The van der Waals surface area contributed by atoms with Gasteiger partial charge in [-0.3, -0.25) is 4.79 Å². The summed E-state index contributed by atoms with van der Waals surface area (Å²) in [7, 11) is 1.51. The van der Waals surface area contributed by atoms with E-state index in [4.69, 9.17) is 4.74 Å². The van der Waals surface area contributed by atoms with Gasteiger partial charge in [0.05, 0.1) is 7.11 Å². The standard InChI is InChI=1S/C26H42O2/c1-17-12-14-25(3)19(16-17)7-8-20-22-10-9-21(18(2)6-11-24(27)28-5)26(22,4)15-13-23(20)25/h7,17-18,20-23H,6,8-16H2,1-5H3. The first-order valence-corrected chi connectivity index (χ1v) is 12.1. The van der Waals surface area contributed by atoms with Gasteiger partial charge in [0.25, 0.3) is 0 Å². The molecule has 158 valence electrons. The molecule has 0 aromatic heterocycles. The number of methoxy groups -OCH3 is 1. The van der Waals surface area contributed by atoms with Crippen LogP contribution in [-0.4, -0.2) is 13.1 Å². The first kappa shape index (κ1) is 20.5. The van der Waals surface area contributed by atoms with E-state index in [9.17, 15) is 4.79 Å². The molecule has 0 bridgehead atoms. The van der Waals surface area contributed by atoms with Gasteiger partial charge in [0, 0.05) is 6.42 Å². The zero-order valence-corrected chi connectivity index (χ0v) is 18.9. The van der Waals surface area contributed by atoms with E-state index in [-0.39, 0.29) is 5.97 Å². The van der Waals surface area contributed by atoms with Gasteiger partial charge < -0.3 is 4.74 Å². The van der Waals surface area contributed by atoms with Crippen LogP contribution in [0.15, 0.2) is 11.6 Å². The minimum atomic E-state index is -0.0420. The van der Waals surface area contributed by atoms with Crippen LogP contribution in [0.4, 0.5) is 0 Å². The third-order valence-electron chi connectivity index (χ3n) is 10.1. The van der Waals surface area contributed by atoms with Crippen LogP contribution < -0.4 is 0 Å². The third kappa shape index (κ3) is 3.18. The van der Waals surface area contributed by atoms with Crippen molar-refractivity contribution < 1.29 is 9.53 Å². The summed E-state index contributed by atoms with van der Waals surface area (Å²) in [5.41, 5.74) is 2.79. The number of hydrogen-bond donors (Lipinski definition) is 0. The molecule has 3 saturated carbocycles. The van der Waals surface area contributed by atoms with Crippen molar-refractivity contribution in [1.29, 1.82) is 0 Å². The molecule has 8 unspecified atom stereocenters. The molecule has 0 radical (unpaired) electrons. The highest BCUT2D eigenvalue weighted by Crippen LogP contribution is 2.67. The summed E-state index contributed by atoms with van der Waals surface area (Å²) in [5.74, 6) is 4.97. The Balaban J connectivity index is 1.51. The van der Waals surface area contributed by atoms with E-state index in [0.717, 1.165) is 36.0 Å². The Morgan fingerprint density at radius 2 is 1.96 bits per heavy atom. The largest absolute Gasteiger partial charge is 0.469 e. The van der Waals surface area contributed by atoms with E-state index >= 15 is 0 Å². The van der Waals surface area contributed by atoms with Gasteiger partial charge in [-0.15, -0.1) is 0 Å². The molecule has 0 saturated heterocycles.